The minimum absolute atomic E-state index is 0.188. The Kier molecular flexibility index (Phi) is 2.08. The third kappa shape index (κ3) is 1.21. The average molecular weight is 160 g/mol. The van der Waals surface area contributed by atoms with Crippen molar-refractivity contribution < 1.29 is 0 Å². The molecule has 0 aromatic rings. The molecule has 0 amide bonds. The molecule has 10 heavy (non-hydrogen) atoms. The maximum Gasteiger partial charge on any atom is 0.186 e. The molecule has 4 nitrogen and oxygen atoms in total. The predicted molar refractivity (Wildman–Crippen MR) is 43.8 cm³/mol. The van der Waals surface area contributed by atoms with Gasteiger partial charge < -0.3 is 4.90 Å². The first kappa shape index (κ1) is 7.71. The van der Waals surface area contributed by atoms with Crippen LogP contribution in [-0.4, -0.2) is 22.3 Å². The van der Waals surface area contributed by atoms with Crippen molar-refractivity contribution in [3.8, 4) is 0 Å². The molecule has 1 aliphatic heterocycles. The zero-order valence-corrected chi connectivity index (χ0v) is 6.90. The monoisotopic (exact) mass is 160 g/mol. The van der Waals surface area contributed by atoms with E-state index in [9.17, 15) is 0 Å². The van der Waals surface area contributed by atoms with Crippen molar-refractivity contribution in [3.63, 3.8) is 0 Å². The first-order valence-electron chi connectivity index (χ1n) is 3.22. The molecule has 4 N–H and O–H groups in total. The number of nitrogens with one attached hydrogen (secondary N) is 2. The van der Waals surface area contributed by atoms with Gasteiger partial charge in [0.25, 0.3) is 0 Å². The molecule has 0 aromatic carbocycles. The van der Waals surface area contributed by atoms with E-state index in [0.717, 1.165) is 0 Å². The number of nitrogens with zero attached hydrogens (tertiary/aromatic N) is 1. The number of thiocarbonyl (C=S) groups is 1. The van der Waals surface area contributed by atoms with Crippen molar-refractivity contribution in [3.05, 3.63) is 0 Å². The lowest BCUT2D eigenvalue weighted by Gasteiger charge is -2.24. The molecule has 1 rings (SSSR count). The fourth-order valence-corrected chi connectivity index (χ4v) is 1.34. The summed E-state index contributed by atoms with van der Waals surface area (Å²) in [7, 11) is 0. The van der Waals surface area contributed by atoms with E-state index in [4.69, 9.17) is 18.0 Å². The van der Waals surface area contributed by atoms with Crippen LogP contribution in [0.15, 0.2) is 0 Å². The van der Waals surface area contributed by atoms with Gasteiger partial charge in [0.1, 0.15) is 0 Å². The molecule has 0 spiro atoms. The second-order valence-electron chi connectivity index (χ2n) is 2.52. The Labute approximate surface area is 65.7 Å². The van der Waals surface area contributed by atoms with Crippen molar-refractivity contribution in [1.82, 2.24) is 15.8 Å². The maximum absolute atomic E-state index is 5.64. The van der Waals surface area contributed by atoms with Crippen molar-refractivity contribution in [1.29, 1.82) is 0 Å². The number of hydrazine groups is 1. The van der Waals surface area contributed by atoms with Crippen molar-refractivity contribution in [2.75, 3.05) is 0 Å². The predicted octanol–water partition coefficient (Wildman–Crippen LogP) is -0.668. The summed E-state index contributed by atoms with van der Waals surface area (Å²) in [5, 5.41) is 0.669. The minimum atomic E-state index is -0.188. The van der Waals surface area contributed by atoms with Crippen LogP contribution < -0.4 is 16.6 Å². The SMILES string of the molecule is CC(C)N1C(=S)NNC1N. The largest absolute Gasteiger partial charge is 0.316 e. The second kappa shape index (κ2) is 2.69. The summed E-state index contributed by atoms with van der Waals surface area (Å²) >= 11 is 4.97. The van der Waals surface area contributed by atoms with Crippen LogP contribution in [0, 0.1) is 0 Å². The molecule has 1 atom stereocenters. The molecule has 0 radical (unpaired) electrons. The standard InChI is InChI=1S/C5H12N4S/c1-3(2)9-4(6)7-8-5(9)10/h3-4,7H,6H2,1-2H3,(H,8,10). The Hall–Kier alpha value is -0.390. The Morgan fingerprint density at radius 3 is 2.50 bits per heavy atom. The van der Waals surface area contributed by atoms with Gasteiger partial charge in [-0.15, -0.1) is 0 Å². The highest BCUT2D eigenvalue weighted by Gasteiger charge is 2.25. The highest BCUT2D eigenvalue weighted by molar-refractivity contribution is 7.80. The van der Waals surface area contributed by atoms with Crippen molar-refractivity contribution in [2.45, 2.75) is 26.2 Å². The Balaban J connectivity index is 2.63. The lowest BCUT2D eigenvalue weighted by Crippen LogP contribution is -2.47. The molecule has 0 saturated carbocycles. The summed E-state index contributed by atoms with van der Waals surface area (Å²) in [5.41, 5.74) is 11.2. The van der Waals surface area contributed by atoms with E-state index < -0.39 is 0 Å². The molecule has 1 fully saturated rings. The van der Waals surface area contributed by atoms with Gasteiger partial charge in [0.15, 0.2) is 11.4 Å². The van der Waals surface area contributed by atoms with Gasteiger partial charge >= 0.3 is 0 Å². The molecule has 1 heterocycles. The zero-order valence-electron chi connectivity index (χ0n) is 6.09. The van der Waals surface area contributed by atoms with Crippen LogP contribution >= 0.6 is 12.2 Å². The van der Waals surface area contributed by atoms with Gasteiger partial charge in [-0.1, -0.05) is 0 Å². The van der Waals surface area contributed by atoms with Crippen LogP contribution in [0.2, 0.25) is 0 Å². The fourth-order valence-electron chi connectivity index (χ4n) is 0.952. The topological polar surface area (TPSA) is 53.3 Å². The van der Waals surface area contributed by atoms with Crippen LogP contribution in [0.1, 0.15) is 13.8 Å². The second-order valence-corrected chi connectivity index (χ2v) is 2.91. The van der Waals surface area contributed by atoms with Crippen LogP contribution in [0.3, 0.4) is 0 Å². The third-order valence-corrected chi connectivity index (χ3v) is 1.73. The lowest BCUT2D eigenvalue weighted by atomic mass is 10.3. The van der Waals surface area contributed by atoms with E-state index in [1.165, 1.54) is 0 Å². The van der Waals surface area contributed by atoms with Crippen molar-refractivity contribution >= 4 is 17.3 Å². The summed E-state index contributed by atoms with van der Waals surface area (Å²) < 4.78 is 0. The number of nitrogens with two attached hydrogens (primary N) is 1. The molecule has 1 aliphatic rings. The normalized spacial score (nSPS) is 25.8. The Morgan fingerprint density at radius 1 is 1.70 bits per heavy atom. The first-order valence-corrected chi connectivity index (χ1v) is 3.63. The van der Waals surface area contributed by atoms with E-state index in [2.05, 4.69) is 10.9 Å². The van der Waals surface area contributed by atoms with Crippen LogP contribution in [-0.2, 0) is 0 Å². The van der Waals surface area contributed by atoms with Crippen LogP contribution in [0.4, 0.5) is 0 Å². The molecular weight excluding hydrogens is 148 g/mol. The van der Waals surface area contributed by atoms with Gasteiger partial charge in [-0.25, -0.2) is 0 Å². The molecule has 0 aliphatic carbocycles. The molecule has 0 bridgehead atoms. The van der Waals surface area contributed by atoms with E-state index in [0.29, 0.717) is 11.2 Å². The van der Waals surface area contributed by atoms with Crippen LogP contribution in [0.5, 0.6) is 0 Å². The smallest absolute Gasteiger partial charge is 0.186 e. The van der Waals surface area contributed by atoms with Crippen molar-refractivity contribution in [2.24, 2.45) is 5.73 Å². The summed E-state index contributed by atoms with van der Waals surface area (Å²) in [5.74, 6) is 0. The van der Waals surface area contributed by atoms with E-state index in [1.54, 1.807) is 0 Å². The number of hydrogen-bond donors (Lipinski definition) is 3. The van der Waals surface area contributed by atoms with E-state index in [-0.39, 0.29) is 6.29 Å². The van der Waals surface area contributed by atoms with E-state index in [1.807, 2.05) is 18.7 Å². The Bertz CT molecular complexity index is 147. The minimum Gasteiger partial charge on any atom is -0.316 e. The van der Waals surface area contributed by atoms with Gasteiger partial charge in [0, 0.05) is 6.04 Å². The van der Waals surface area contributed by atoms with Gasteiger partial charge in [0.2, 0.25) is 0 Å². The average Bonchev–Trinajstić information content (AvgIpc) is 2.11. The molecule has 58 valence electrons. The number of hydrogen-bond acceptors (Lipinski definition) is 3. The molecule has 1 unspecified atom stereocenters. The van der Waals surface area contributed by atoms with Gasteiger partial charge in [0.05, 0.1) is 0 Å². The van der Waals surface area contributed by atoms with E-state index >= 15 is 0 Å². The molecule has 5 heteroatoms. The summed E-state index contributed by atoms with van der Waals surface area (Å²) in [6.45, 7) is 4.08. The summed E-state index contributed by atoms with van der Waals surface area (Å²) in [6.07, 6.45) is -0.188. The lowest BCUT2D eigenvalue weighted by molar-refractivity contribution is 0.269. The Morgan fingerprint density at radius 2 is 2.30 bits per heavy atom. The highest BCUT2D eigenvalue weighted by Crippen LogP contribution is 2.03. The zero-order chi connectivity index (χ0) is 7.72. The molecule has 1 saturated heterocycles. The van der Waals surface area contributed by atoms with Gasteiger partial charge in [-0.05, 0) is 26.1 Å². The van der Waals surface area contributed by atoms with Crippen LogP contribution in [0.25, 0.3) is 0 Å². The summed E-state index contributed by atoms with van der Waals surface area (Å²) in [4.78, 5) is 1.90. The molecule has 0 aromatic heterocycles. The fraction of sp³-hybridized carbons (Fsp3) is 0.800. The van der Waals surface area contributed by atoms with Gasteiger partial charge in [-0.2, -0.15) is 5.43 Å². The highest BCUT2D eigenvalue weighted by atomic mass is 32.1. The third-order valence-electron chi connectivity index (χ3n) is 1.42. The molecular formula is C5H12N4S. The summed E-state index contributed by atoms with van der Waals surface area (Å²) in [6, 6.07) is 0.338. The quantitative estimate of drug-likeness (QED) is 0.444. The maximum atomic E-state index is 5.64. The van der Waals surface area contributed by atoms with Gasteiger partial charge in [-0.3, -0.25) is 11.2 Å². The first-order chi connectivity index (χ1) is 4.63. The number of rotatable bonds is 1.